The highest BCUT2D eigenvalue weighted by Crippen LogP contribution is 2.26. The van der Waals surface area contributed by atoms with Crippen molar-refractivity contribution in [3.8, 4) is 11.3 Å². The van der Waals surface area contributed by atoms with Crippen LogP contribution in [0.2, 0.25) is 0 Å². The molecule has 30 heavy (non-hydrogen) atoms. The van der Waals surface area contributed by atoms with Gasteiger partial charge in [0.15, 0.2) is 0 Å². The maximum Gasteiger partial charge on any atom is 0.222 e. The van der Waals surface area contributed by atoms with Gasteiger partial charge in [0.25, 0.3) is 0 Å². The van der Waals surface area contributed by atoms with E-state index < -0.39 is 10.6 Å². The summed E-state index contributed by atoms with van der Waals surface area (Å²) < 4.78 is 16.8. The maximum absolute atomic E-state index is 12.5. The van der Waals surface area contributed by atoms with Crippen LogP contribution in [0.1, 0.15) is 17.5 Å². The summed E-state index contributed by atoms with van der Waals surface area (Å²) in [6.45, 7) is 5.32. The number of nitrogens with one attached hydrogen (secondary N) is 1. The van der Waals surface area contributed by atoms with Gasteiger partial charge in [0.05, 0.1) is 27.7 Å². The summed E-state index contributed by atoms with van der Waals surface area (Å²) in [5.41, 5.74) is 10.2. The number of aromatic nitrogens is 2. The Balaban J connectivity index is 1.62. The minimum Gasteiger partial charge on any atom is -0.370 e. The molecule has 0 aliphatic carbocycles. The summed E-state index contributed by atoms with van der Waals surface area (Å²) in [5.74, 6) is 0.910. The monoisotopic (exact) mass is 441 g/mol. The molecule has 3 N–H and O–H groups in total. The molecule has 0 amide bonds. The minimum absolute atomic E-state index is 0.234. The van der Waals surface area contributed by atoms with Gasteiger partial charge < -0.3 is 11.1 Å². The zero-order valence-corrected chi connectivity index (χ0v) is 19.1. The first kappa shape index (κ1) is 22.1. The van der Waals surface area contributed by atoms with Crippen molar-refractivity contribution in [1.82, 2.24) is 9.97 Å². The Kier molecular flexibility index (Phi) is 7.70. The van der Waals surface area contributed by atoms with Crippen LogP contribution in [0.15, 0.2) is 62.7 Å². The highest BCUT2D eigenvalue weighted by Gasteiger charge is 2.08. The molecule has 3 rings (SSSR count). The molecule has 0 aliphatic rings. The van der Waals surface area contributed by atoms with E-state index in [0.29, 0.717) is 18.9 Å². The summed E-state index contributed by atoms with van der Waals surface area (Å²) in [6.07, 6.45) is 2.72. The van der Waals surface area contributed by atoms with E-state index in [-0.39, 0.29) is 5.95 Å². The molecule has 6 nitrogen and oxygen atoms in total. The Morgan fingerprint density at radius 2 is 1.93 bits per heavy atom. The molecule has 0 fully saturated rings. The average Bonchev–Trinajstić information content (AvgIpc) is 2.74. The molecule has 0 aliphatic heterocycles. The summed E-state index contributed by atoms with van der Waals surface area (Å²) in [7, 11) is -1.74. The highest BCUT2D eigenvalue weighted by atomic mass is 32.2. The van der Waals surface area contributed by atoms with E-state index in [4.69, 9.17) is 5.73 Å². The second-order valence-corrected chi connectivity index (χ2v) is 8.99. The standard InChI is InChI=1S/C22H27N5OS2/c1-15-8-6-9-17(16(15)2)18-14-21(27-22(23)26-18)24-12-7-13-25-30(28)20-11-5-4-10-19(20)29-3/h4-6,8-11,14,30H,7,12-13H2,1-3H3,(H3,23,24,26,27). The lowest BCUT2D eigenvalue weighted by molar-refractivity contribution is 0.684. The number of hydrogen-bond donors (Lipinski definition) is 3. The highest BCUT2D eigenvalue weighted by molar-refractivity contribution is 7.99. The number of anilines is 2. The van der Waals surface area contributed by atoms with Crippen molar-refractivity contribution in [1.29, 1.82) is 0 Å². The summed E-state index contributed by atoms with van der Waals surface area (Å²) in [5, 5.41) is 3.28. The van der Waals surface area contributed by atoms with Gasteiger partial charge in [-0.1, -0.05) is 30.3 Å². The van der Waals surface area contributed by atoms with Gasteiger partial charge >= 0.3 is 0 Å². The quantitative estimate of drug-likeness (QED) is 0.269. The third-order valence-corrected chi connectivity index (χ3v) is 6.99. The number of hydrogen-bond acceptors (Lipinski definition) is 7. The zero-order chi connectivity index (χ0) is 21.5. The number of aryl methyl sites for hydroxylation is 1. The van der Waals surface area contributed by atoms with Gasteiger partial charge in [-0.25, -0.2) is 13.6 Å². The van der Waals surface area contributed by atoms with Crippen LogP contribution in [0, 0.1) is 13.8 Å². The smallest absolute Gasteiger partial charge is 0.222 e. The maximum atomic E-state index is 12.5. The van der Waals surface area contributed by atoms with Gasteiger partial charge in [-0.15, -0.1) is 11.8 Å². The molecule has 2 aromatic carbocycles. The number of benzene rings is 2. The molecule has 3 aromatic rings. The van der Waals surface area contributed by atoms with Gasteiger partial charge in [-0.2, -0.15) is 4.98 Å². The molecule has 1 aromatic heterocycles. The fraction of sp³-hybridized carbons (Fsp3) is 0.273. The number of rotatable bonds is 8. The molecular formula is C22H27N5OS2. The van der Waals surface area contributed by atoms with E-state index in [2.05, 4.69) is 39.6 Å². The van der Waals surface area contributed by atoms with Crippen molar-refractivity contribution < 1.29 is 4.21 Å². The lowest BCUT2D eigenvalue weighted by Crippen LogP contribution is -2.07. The minimum atomic E-state index is -1.74. The van der Waals surface area contributed by atoms with Crippen LogP contribution < -0.4 is 11.1 Å². The van der Waals surface area contributed by atoms with Crippen molar-refractivity contribution in [3.63, 3.8) is 0 Å². The molecule has 0 radical (unpaired) electrons. The Labute approximate surface area is 183 Å². The first-order valence-corrected chi connectivity index (χ1v) is 12.2. The number of thioether (sulfide) groups is 1. The van der Waals surface area contributed by atoms with Crippen LogP contribution in [-0.2, 0) is 10.6 Å². The van der Waals surface area contributed by atoms with Crippen LogP contribution in [0.4, 0.5) is 11.8 Å². The number of nitrogens with two attached hydrogens (primary N) is 1. The summed E-state index contributed by atoms with van der Waals surface area (Å²) >= 11 is 1.59. The third-order valence-electron chi connectivity index (χ3n) is 4.78. The Morgan fingerprint density at radius 1 is 1.13 bits per heavy atom. The predicted molar refractivity (Wildman–Crippen MR) is 128 cm³/mol. The second kappa shape index (κ2) is 10.4. The van der Waals surface area contributed by atoms with Crippen molar-refractivity contribution in [2.24, 2.45) is 4.36 Å². The molecule has 1 unspecified atom stereocenters. The van der Waals surface area contributed by atoms with E-state index in [0.717, 1.165) is 27.5 Å². The van der Waals surface area contributed by atoms with E-state index >= 15 is 0 Å². The van der Waals surface area contributed by atoms with Crippen LogP contribution in [0.5, 0.6) is 0 Å². The summed E-state index contributed by atoms with van der Waals surface area (Å²) in [4.78, 5) is 10.5. The van der Waals surface area contributed by atoms with Gasteiger partial charge in [0.2, 0.25) is 5.95 Å². The molecule has 1 heterocycles. The normalized spacial score (nSPS) is 12.1. The Bertz CT molecular complexity index is 1110. The van der Waals surface area contributed by atoms with Crippen molar-refractivity contribution in [2.75, 3.05) is 30.4 Å². The fourth-order valence-electron chi connectivity index (χ4n) is 3.04. The lowest BCUT2D eigenvalue weighted by Gasteiger charge is -2.11. The zero-order valence-electron chi connectivity index (χ0n) is 17.4. The molecule has 0 spiro atoms. The van der Waals surface area contributed by atoms with E-state index in [1.54, 1.807) is 11.8 Å². The van der Waals surface area contributed by atoms with Gasteiger partial charge in [0, 0.05) is 23.1 Å². The van der Waals surface area contributed by atoms with Gasteiger partial charge in [0.1, 0.15) is 5.82 Å². The number of thiol groups is 1. The third kappa shape index (κ3) is 5.52. The average molecular weight is 442 g/mol. The summed E-state index contributed by atoms with van der Waals surface area (Å²) in [6, 6.07) is 15.7. The van der Waals surface area contributed by atoms with Crippen LogP contribution in [0.3, 0.4) is 0 Å². The van der Waals surface area contributed by atoms with E-state index in [1.807, 2.05) is 48.7 Å². The predicted octanol–water partition coefficient (Wildman–Crippen LogP) is 4.59. The largest absolute Gasteiger partial charge is 0.370 e. The fourth-order valence-corrected chi connectivity index (χ4v) is 5.00. The Hall–Kier alpha value is -2.58. The second-order valence-electron chi connectivity index (χ2n) is 6.83. The first-order chi connectivity index (χ1) is 14.5. The number of nitrogens with zero attached hydrogens (tertiary/aromatic N) is 3. The molecule has 0 saturated heterocycles. The number of nitrogen functional groups attached to an aromatic ring is 1. The SMILES string of the molecule is CSc1ccccc1/[SH](=O)=N\CCCNc1cc(-c2cccc(C)c2C)nc(N)n1. The molecule has 1 atom stereocenters. The van der Waals surface area contributed by atoms with Crippen molar-refractivity contribution in [3.05, 3.63) is 59.7 Å². The molecule has 0 saturated carbocycles. The van der Waals surface area contributed by atoms with Crippen LogP contribution in [-0.4, -0.2) is 33.5 Å². The molecule has 158 valence electrons. The van der Waals surface area contributed by atoms with Crippen LogP contribution in [0.25, 0.3) is 11.3 Å². The topological polar surface area (TPSA) is 93.3 Å². The van der Waals surface area contributed by atoms with E-state index in [1.165, 1.54) is 11.1 Å². The van der Waals surface area contributed by atoms with Crippen molar-refractivity contribution >= 4 is 34.1 Å². The molecule has 8 heteroatoms. The lowest BCUT2D eigenvalue weighted by atomic mass is 10.0. The Morgan fingerprint density at radius 3 is 2.73 bits per heavy atom. The first-order valence-electron chi connectivity index (χ1n) is 9.72. The molecular weight excluding hydrogens is 414 g/mol. The van der Waals surface area contributed by atoms with Gasteiger partial charge in [-0.05, 0) is 49.8 Å². The van der Waals surface area contributed by atoms with Gasteiger partial charge in [-0.3, -0.25) is 0 Å². The van der Waals surface area contributed by atoms with Crippen LogP contribution >= 0.6 is 11.8 Å². The van der Waals surface area contributed by atoms with E-state index in [9.17, 15) is 4.21 Å². The van der Waals surface area contributed by atoms with Crippen molar-refractivity contribution in [2.45, 2.75) is 30.1 Å². The molecule has 0 bridgehead atoms.